The molecule has 35 heavy (non-hydrogen) atoms. The smallest absolute Gasteiger partial charge is 0.328 e. The second-order valence-electron chi connectivity index (χ2n) is 8.47. The van der Waals surface area contributed by atoms with E-state index < -0.39 is 5.97 Å². The van der Waals surface area contributed by atoms with E-state index in [1.165, 1.54) is 10.5 Å². The molecule has 8 nitrogen and oxygen atoms in total. The van der Waals surface area contributed by atoms with E-state index >= 15 is 0 Å². The van der Waals surface area contributed by atoms with Gasteiger partial charge in [-0.05, 0) is 60.2 Å². The zero-order valence-corrected chi connectivity index (χ0v) is 20.5. The number of carbonyl (C=O) groups is 1. The van der Waals surface area contributed by atoms with Crippen LogP contribution in [0.15, 0.2) is 59.1 Å². The van der Waals surface area contributed by atoms with Gasteiger partial charge in [0.2, 0.25) is 0 Å². The Hall–Kier alpha value is -3.85. The molecule has 9 heteroatoms. The lowest BCUT2D eigenvalue weighted by Gasteiger charge is -2.12. The molecule has 4 aromatic rings. The molecule has 0 aromatic carbocycles. The number of thiazole rings is 1. The number of carboxylic acids is 1. The Morgan fingerprint density at radius 3 is 2.66 bits per heavy atom. The Bertz CT molecular complexity index is 1410. The maximum Gasteiger partial charge on any atom is 0.328 e. The van der Waals surface area contributed by atoms with Crippen molar-refractivity contribution >= 4 is 34.8 Å². The molecule has 0 saturated heterocycles. The molecule has 0 aliphatic rings. The summed E-state index contributed by atoms with van der Waals surface area (Å²) in [4.78, 5) is 37.6. The number of fused-ring (bicyclic) bond motifs is 1. The van der Waals surface area contributed by atoms with Gasteiger partial charge in [-0.15, -0.1) is 11.3 Å². The summed E-state index contributed by atoms with van der Waals surface area (Å²) in [5.74, 6) is -0.360. The van der Waals surface area contributed by atoms with Gasteiger partial charge in [-0.3, -0.25) is 14.2 Å². The summed E-state index contributed by atoms with van der Waals surface area (Å²) in [7, 11) is 0. The summed E-state index contributed by atoms with van der Waals surface area (Å²) in [6.45, 7) is 4.80. The molecule has 0 spiro atoms. The zero-order chi connectivity index (χ0) is 24.8. The highest BCUT2D eigenvalue weighted by Gasteiger charge is 2.12. The van der Waals surface area contributed by atoms with Gasteiger partial charge in [0.25, 0.3) is 5.56 Å². The Labute approximate surface area is 207 Å². The number of carboxylic acid groups (broad SMARTS) is 1. The number of nitrogens with zero attached hydrogens (tertiary/aromatic N) is 4. The van der Waals surface area contributed by atoms with Crippen LogP contribution < -0.4 is 10.9 Å². The van der Waals surface area contributed by atoms with Crippen molar-refractivity contribution in [1.82, 2.24) is 19.4 Å². The van der Waals surface area contributed by atoms with E-state index in [9.17, 15) is 9.59 Å². The van der Waals surface area contributed by atoms with Gasteiger partial charge in [0.1, 0.15) is 11.5 Å². The predicted molar refractivity (Wildman–Crippen MR) is 138 cm³/mol. The largest absolute Gasteiger partial charge is 0.478 e. The van der Waals surface area contributed by atoms with Crippen LogP contribution in [0, 0.1) is 0 Å². The van der Waals surface area contributed by atoms with Gasteiger partial charge >= 0.3 is 5.97 Å². The summed E-state index contributed by atoms with van der Waals surface area (Å²) in [5.41, 5.74) is 3.64. The molecule has 0 unspecified atom stereocenters. The summed E-state index contributed by atoms with van der Waals surface area (Å²) >= 11 is 1.67. The maximum absolute atomic E-state index is 13.2. The highest BCUT2D eigenvalue weighted by molar-refractivity contribution is 7.09. The molecule has 4 aromatic heterocycles. The van der Waals surface area contributed by atoms with Crippen molar-refractivity contribution in [1.29, 1.82) is 0 Å². The summed E-state index contributed by atoms with van der Waals surface area (Å²) < 4.78 is 1.44. The predicted octanol–water partition coefficient (Wildman–Crippen LogP) is 4.21. The monoisotopic (exact) mass is 489 g/mol. The van der Waals surface area contributed by atoms with Crippen molar-refractivity contribution in [2.24, 2.45) is 0 Å². The molecule has 0 aliphatic carbocycles. The van der Waals surface area contributed by atoms with Crippen molar-refractivity contribution in [3.05, 3.63) is 92.1 Å². The van der Waals surface area contributed by atoms with Gasteiger partial charge < -0.3 is 10.4 Å². The Morgan fingerprint density at radius 2 is 1.94 bits per heavy atom. The fourth-order valence-corrected chi connectivity index (χ4v) is 4.58. The molecule has 0 radical (unpaired) electrons. The quantitative estimate of drug-likeness (QED) is 0.321. The van der Waals surface area contributed by atoms with E-state index in [4.69, 9.17) is 10.1 Å². The minimum Gasteiger partial charge on any atom is -0.478 e. The first kappa shape index (κ1) is 24.3. The maximum atomic E-state index is 13.2. The number of aromatic nitrogens is 4. The van der Waals surface area contributed by atoms with E-state index in [-0.39, 0.29) is 11.1 Å². The van der Waals surface area contributed by atoms with Gasteiger partial charge in [-0.1, -0.05) is 13.8 Å². The molecule has 0 fully saturated rings. The van der Waals surface area contributed by atoms with Crippen LogP contribution in [-0.2, 0) is 24.1 Å². The molecule has 0 aliphatic heterocycles. The summed E-state index contributed by atoms with van der Waals surface area (Å²) in [6.07, 6.45) is 9.70. The number of aryl methyl sites for hydroxylation is 2. The SMILES string of the molecule is CC(C)c1csc(CCc2ccn3c(=O)c(/C=C/C(=O)O)c(NCCc4ccncc4)nc3c2)n1. The van der Waals surface area contributed by atoms with Crippen molar-refractivity contribution in [2.75, 3.05) is 11.9 Å². The van der Waals surface area contributed by atoms with Gasteiger partial charge in [0.15, 0.2) is 0 Å². The van der Waals surface area contributed by atoms with Crippen LogP contribution in [0.1, 0.15) is 47.2 Å². The van der Waals surface area contributed by atoms with Crippen molar-refractivity contribution in [2.45, 2.75) is 39.0 Å². The number of nitrogens with one attached hydrogen (secondary N) is 1. The van der Waals surface area contributed by atoms with Crippen molar-refractivity contribution < 1.29 is 9.90 Å². The number of hydrogen-bond donors (Lipinski definition) is 2. The van der Waals surface area contributed by atoms with Gasteiger partial charge in [-0.2, -0.15) is 0 Å². The van der Waals surface area contributed by atoms with Crippen molar-refractivity contribution in [3.63, 3.8) is 0 Å². The van der Waals surface area contributed by atoms with Crippen LogP contribution in [0.2, 0.25) is 0 Å². The molecule has 4 rings (SSSR count). The Morgan fingerprint density at radius 1 is 1.14 bits per heavy atom. The topological polar surface area (TPSA) is 109 Å². The van der Waals surface area contributed by atoms with Crippen LogP contribution in [0.5, 0.6) is 0 Å². The molecule has 180 valence electrons. The average Bonchev–Trinajstić information content (AvgIpc) is 3.32. The van der Waals surface area contributed by atoms with E-state index in [1.54, 1.807) is 29.9 Å². The number of pyridine rings is 2. The van der Waals surface area contributed by atoms with Gasteiger partial charge in [0.05, 0.1) is 16.3 Å². The first-order valence-corrected chi connectivity index (χ1v) is 12.3. The van der Waals surface area contributed by atoms with Crippen LogP contribution in [0.4, 0.5) is 5.82 Å². The molecule has 0 atom stereocenters. The third-order valence-electron chi connectivity index (χ3n) is 5.57. The Kier molecular flexibility index (Phi) is 7.67. The Balaban J connectivity index is 1.59. The molecular formula is C26H27N5O3S. The number of rotatable bonds is 10. The van der Waals surface area contributed by atoms with Crippen LogP contribution in [0.25, 0.3) is 11.7 Å². The fraction of sp³-hybridized carbons (Fsp3) is 0.269. The van der Waals surface area contributed by atoms with Gasteiger partial charge in [0, 0.05) is 43.0 Å². The second kappa shape index (κ2) is 11.1. The molecular weight excluding hydrogens is 462 g/mol. The summed E-state index contributed by atoms with van der Waals surface area (Å²) in [5, 5.41) is 15.5. The van der Waals surface area contributed by atoms with Gasteiger partial charge in [-0.25, -0.2) is 14.8 Å². The third kappa shape index (κ3) is 6.19. The van der Waals surface area contributed by atoms with Crippen LogP contribution in [-0.4, -0.2) is 37.0 Å². The minimum absolute atomic E-state index is 0.205. The standard InChI is InChI=1S/C26H27N5O3S/c1-17(2)21-16-35-23(29-21)5-3-19-10-14-31-22(15-19)30-25(20(26(31)34)4-6-24(32)33)28-13-9-18-7-11-27-12-8-18/h4,6-8,10-12,14-17,28H,3,5,9,13H2,1-2H3,(H,32,33)/b6-4+. The lowest BCUT2D eigenvalue weighted by molar-refractivity contribution is -0.131. The first-order valence-electron chi connectivity index (χ1n) is 11.4. The molecule has 2 N–H and O–H groups in total. The fourth-order valence-electron chi connectivity index (χ4n) is 3.62. The first-order chi connectivity index (χ1) is 16.9. The second-order valence-corrected chi connectivity index (χ2v) is 9.41. The normalized spacial score (nSPS) is 11.5. The molecule has 0 amide bonds. The van der Waals surface area contributed by atoms with Crippen LogP contribution in [0.3, 0.4) is 0 Å². The van der Waals surface area contributed by atoms with E-state index in [1.807, 2.05) is 24.3 Å². The third-order valence-corrected chi connectivity index (χ3v) is 6.49. The number of hydrogen-bond acceptors (Lipinski definition) is 7. The van der Waals surface area contributed by atoms with Crippen LogP contribution >= 0.6 is 11.3 Å². The number of aliphatic carboxylic acids is 1. The van der Waals surface area contributed by atoms with E-state index in [2.05, 4.69) is 34.5 Å². The summed E-state index contributed by atoms with van der Waals surface area (Å²) in [6, 6.07) is 7.65. The van der Waals surface area contributed by atoms with Crippen molar-refractivity contribution in [3.8, 4) is 0 Å². The van der Waals surface area contributed by atoms with E-state index in [0.29, 0.717) is 30.3 Å². The molecule has 0 saturated carbocycles. The highest BCUT2D eigenvalue weighted by atomic mass is 32.1. The average molecular weight is 490 g/mol. The lowest BCUT2D eigenvalue weighted by Crippen LogP contribution is -2.21. The molecule has 0 bridgehead atoms. The highest BCUT2D eigenvalue weighted by Crippen LogP contribution is 2.20. The lowest BCUT2D eigenvalue weighted by atomic mass is 10.1. The minimum atomic E-state index is -1.13. The number of anilines is 1. The van der Waals surface area contributed by atoms with E-state index in [0.717, 1.165) is 40.7 Å². The zero-order valence-electron chi connectivity index (χ0n) is 19.6. The molecule has 4 heterocycles.